The van der Waals surface area contributed by atoms with Crippen LogP contribution in [0.4, 0.5) is 10.5 Å². The van der Waals surface area contributed by atoms with E-state index in [0.717, 1.165) is 12.8 Å². The molecule has 33 heavy (non-hydrogen) atoms. The molecule has 10 nitrogen and oxygen atoms in total. The van der Waals surface area contributed by atoms with E-state index >= 15 is 0 Å². The lowest BCUT2D eigenvalue weighted by atomic mass is 10.0. The number of hydrogen-bond acceptors (Lipinski definition) is 6. The summed E-state index contributed by atoms with van der Waals surface area (Å²) in [6, 6.07) is 4.85. The molecule has 182 valence electrons. The van der Waals surface area contributed by atoms with Gasteiger partial charge in [-0.25, -0.2) is 9.59 Å². The van der Waals surface area contributed by atoms with E-state index in [4.69, 9.17) is 9.84 Å². The second-order valence-corrected chi connectivity index (χ2v) is 9.35. The lowest BCUT2D eigenvalue weighted by molar-refractivity contribution is -0.135. The number of carboxylic acid groups (broad SMARTS) is 1. The van der Waals surface area contributed by atoms with Crippen LogP contribution in [0.25, 0.3) is 0 Å². The molecule has 0 bridgehead atoms. The molecule has 1 saturated heterocycles. The summed E-state index contributed by atoms with van der Waals surface area (Å²) < 4.78 is 5.25. The smallest absolute Gasteiger partial charge is 0.408 e. The minimum atomic E-state index is -1.15. The average Bonchev–Trinajstić information content (AvgIpc) is 2.72. The van der Waals surface area contributed by atoms with Gasteiger partial charge in [0.25, 0.3) is 0 Å². The van der Waals surface area contributed by atoms with Crippen LogP contribution in [0.15, 0.2) is 24.3 Å². The molecule has 2 rings (SSSR count). The van der Waals surface area contributed by atoms with Crippen LogP contribution in [0, 0.1) is 0 Å². The van der Waals surface area contributed by atoms with Crippen LogP contribution in [0.1, 0.15) is 50.4 Å². The topological polar surface area (TPSA) is 128 Å². The highest BCUT2D eigenvalue weighted by Gasteiger charge is 2.30. The maximum Gasteiger partial charge on any atom is 0.408 e. The van der Waals surface area contributed by atoms with E-state index in [1.807, 2.05) is 14.1 Å². The number of carbonyl (C=O) groups is 4. The minimum absolute atomic E-state index is 0.0766. The van der Waals surface area contributed by atoms with Gasteiger partial charge in [0.15, 0.2) is 0 Å². The Morgan fingerprint density at radius 3 is 2.18 bits per heavy atom. The lowest BCUT2D eigenvalue weighted by Crippen LogP contribution is -2.50. The average molecular weight is 463 g/mol. The zero-order chi connectivity index (χ0) is 24.8. The molecule has 1 aromatic rings. The molecule has 10 heteroatoms. The Morgan fingerprint density at radius 1 is 1.12 bits per heavy atom. The molecule has 3 amide bonds. The monoisotopic (exact) mass is 462 g/mol. The largest absolute Gasteiger partial charge is 0.478 e. The summed E-state index contributed by atoms with van der Waals surface area (Å²) in [4.78, 5) is 53.0. The van der Waals surface area contributed by atoms with Gasteiger partial charge in [0.05, 0.1) is 12.0 Å². The number of benzene rings is 1. The summed E-state index contributed by atoms with van der Waals surface area (Å²) in [6.07, 6.45) is 0.657. The van der Waals surface area contributed by atoms with Crippen molar-refractivity contribution in [1.29, 1.82) is 0 Å². The Kier molecular flexibility index (Phi) is 8.81. The van der Waals surface area contributed by atoms with Gasteiger partial charge in [0.2, 0.25) is 11.8 Å². The third-order valence-electron chi connectivity index (χ3n) is 5.33. The van der Waals surface area contributed by atoms with Crippen molar-refractivity contribution in [3.8, 4) is 0 Å². The summed E-state index contributed by atoms with van der Waals surface area (Å²) >= 11 is 0. The van der Waals surface area contributed by atoms with Gasteiger partial charge < -0.3 is 30.3 Å². The fraction of sp³-hybridized carbons (Fsp3) is 0.565. The molecule has 1 fully saturated rings. The molecule has 1 unspecified atom stereocenters. The predicted octanol–water partition coefficient (Wildman–Crippen LogP) is 2.16. The molecule has 1 aliphatic rings. The van der Waals surface area contributed by atoms with Crippen molar-refractivity contribution in [3.05, 3.63) is 29.8 Å². The number of carboxylic acids is 1. The van der Waals surface area contributed by atoms with Crippen LogP contribution in [-0.4, -0.2) is 83.7 Å². The lowest BCUT2D eigenvalue weighted by Gasteiger charge is -2.35. The van der Waals surface area contributed by atoms with Gasteiger partial charge in [0, 0.05) is 24.8 Å². The molecule has 1 atom stereocenters. The number of piperidine rings is 1. The van der Waals surface area contributed by atoms with Crippen molar-refractivity contribution in [3.63, 3.8) is 0 Å². The van der Waals surface area contributed by atoms with Crippen LogP contribution in [0.2, 0.25) is 0 Å². The standard InChI is InChI=1S/C23H34N4O6/c1-23(2,3)33-22(32)25-18(14-19(28)27-12-10-17(11-13-27)26(4)5)20(29)24-16-8-6-15(7-9-16)21(30)31/h6-9,17-18H,10-14H2,1-5H3,(H,24,29)(H,25,32)(H,30,31). The third kappa shape index (κ3) is 8.38. The van der Waals surface area contributed by atoms with Crippen LogP contribution in [0.5, 0.6) is 0 Å². The van der Waals surface area contributed by atoms with E-state index in [9.17, 15) is 19.2 Å². The van der Waals surface area contributed by atoms with Crippen LogP contribution < -0.4 is 10.6 Å². The second-order valence-electron chi connectivity index (χ2n) is 9.35. The first-order valence-corrected chi connectivity index (χ1v) is 10.9. The first kappa shape index (κ1) is 26.1. The Hall–Kier alpha value is -3.14. The number of nitrogens with one attached hydrogen (secondary N) is 2. The molecule has 1 aliphatic heterocycles. The molecule has 0 aromatic heterocycles. The zero-order valence-corrected chi connectivity index (χ0v) is 19.9. The van der Waals surface area contributed by atoms with Crippen molar-refractivity contribution < 1.29 is 29.0 Å². The molecule has 0 spiro atoms. The van der Waals surface area contributed by atoms with Gasteiger partial charge in [0.1, 0.15) is 11.6 Å². The number of aromatic carboxylic acids is 1. The number of anilines is 1. The highest BCUT2D eigenvalue weighted by molar-refractivity contribution is 5.99. The molecule has 0 radical (unpaired) electrons. The fourth-order valence-electron chi connectivity index (χ4n) is 3.52. The quantitative estimate of drug-likeness (QED) is 0.566. The predicted molar refractivity (Wildman–Crippen MR) is 123 cm³/mol. The molecular weight excluding hydrogens is 428 g/mol. The highest BCUT2D eigenvalue weighted by atomic mass is 16.6. The third-order valence-corrected chi connectivity index (χ3v) is 5.33. The van der Waals surface area contributed by atoms with E-state index in [-0.39, 0.29) is 17.9 Å². The highest BCUT2D eigenvalue weighted by Crippen LogP contribution is 2.17. The number of alkyl carbamates (subject to hydrolysis) is 1. The number of ether oxygens (including phenoxy) is 1. The van der Waals surface area contributed by atoms with Gasteiger partial charge in [-0.2, -0.15) is 0 Å². The maximum atomic E-state index is 12.9. The SMILES string of the molecule is CN(C)C1CCN(C(=O)CC(NC(=O)OC(C)(C)C)C(=O)Nc2ccc(C(=O)O)cc2)CC1. The number of hydrogen-bond donors (Lipinski definition) is 3. The maximum absolute atomic E-state index is 12.9. The summed E-state index contributed by atoms with van der Waals surface area (Å²) in [5, 5.41) is 14.1. The van der Waals surface area contributed by atoms with Crippen molar-refractivity contribution in [2.24, 2.45) is 0 Å². The van der Waals surface area contributed by atoms with E-state index < -0.39 is 29.6 Å². The molecule has 0 saturated carbocycles. The van der Waals surface area contributed by atoms with Crippen molar-refractivity contribution in [2.45, 2.75) is 57.7 Å². The number of nitrogens with zero attached hydrogens (tertiary/aromatic N) is 2. The summed E-state index contributed by atoms with van der Waals surface area (Å²) in [6.45, 7) is 6.27. The van der Waals surface area contributed by atoms with Crippen LogP contribution >= 0.6 is 0 Å². The van der Waals surface area contributed by atoms with Crippen LogP contribution in [-0.2, 0) is 14.3 Å². The Balaban J connectivity index is 2.08. The second kappa shape index (κ2) is 11.1. The number of amides is 3. The summed E-state index contributed by atoms with van der Waals surface area (Å²) in [5.74, 6) is -1.91. The number of likely N-dealkylation sites (tertiary alicyclic amines) is 1. The molecular formula is C23H34N4O6. The first-order valence-electron chi connectivity index (χ1n) is 10.9. The Bertz CT molecular complexity index is 855. The first-order chi connectivity index (χ1) is 15.4. The molecule has 1 aromatic carbocycles. The van der Waals surface area contributed by atoms with Gasteiger partial charge in [-0.3, -0.25) is 9.59 Å². The zero-order valence-electron chi connectivity index (χ0n) is 19.9. The van der Waals surface area contributed by atoms with Crippen molar-refractivity contribution in [2.75, 3.05) is 32.5 Å². The van der Waals surface area contributed by atoms with E-state index in [2.05, 4.69) is 15.5 Å². The Morgan fingerprint density at radius 2 is 1.70 bits per heavy atom. The summed E-state index contributed by atoms with van der Waals surface area (Å²) in [7, 11) is 4.02. The molecule has 1 heterocycles. The van der Waals surface area contributed by atoms with E-state index in [1.54, 1.807) is 25.7 Å². The summed E-state index contributed by atoms with van der Waals surface area (Å²) in [5.41, 5.74) is -0.344. The van der Waals surface area contributed by atoms with Crippen molar-refractivity contribution >= 4 is 29.6 Å². The minimum Gasteiger partial charge on any atom is -0.478 e. The van der Waals surface area contributed by atoms with Gasteiger partial charge in [-0.05, 0) is 72.0 Å². The molecule has 3 N–H and O–H groups in total. The van der Waals surface area contributed by atoms with E-state index in [0.29, 0.717) is 24.8 Å². The van der Waals surface area contributed by atoms with Gasteiger partial charge in [-0.1, -0.05) is 0 Å². The van der Waals surface area contributed by atoms with Gasteiger partial charge >= 0.3 is 12.1 Å². The fourth-order valence-corrected chi connectivity index (χ4v) is 3.52. The van der Waals surface area contributed by atoms with Gasteiger partial charge in [-0.15, -0.1) is 0 Å². The number of rotatable bonds is 7. The van der Waals surface area contributed by atoms with E-state index in [1.165, 1.54) is 24.3 Å². The normalized spacial score (nSPS) is 15.6. The number of carbonyl (C=O) groups excluding carboxylic acids is 3. The Labute approximate surface area is 194 Å². The molecule has 0 aliphatic carbocycles. The van der Waals surface area contributed by atoms with Crippen LogP contribution in [0.3, 0.4) is 0 Å². The van der Waals surface area contributed by atoms with Crippen molar-refractivity contribution in [1.82, 2.24) is 15.1 Å².